The van der Waals surface area contributed by atoms with Gasteiger partial charge in [0.25, 0.3) is 0 Å². The molecule has 2 saturated heterocycles. The fourth-order valence-electron chi connectivity index (χ4n) is 4.23. The highest BCUT2D eigenvalue weighted by Gasteiger charge is 2.23. The van der Waals surface area contributed by atoms with Gasteiger partial charge in [-0.1, -0.05) is 19.1 Å². The fourth-order valence-corrected chi connectivity index (χ4v) is 4.23. The number of likely N-dealkylation sites (N-methyl/N-ethyl adjacent to an activating group) is 1. The zero-order valence-electron chi connectivity index (χ0n) is 16.6. The van der Waals surface area contributed by atoms with Gasteiger partial charge in [-0.25, -0.2) is 0 Å². The topological polar surface area (TPSA) is 50.6 Å². The first-order chi connectivity index (χ1) is 13.2. The van der Waals surface area contributed by atoms with Crippen molar-refractivity contribution in [2.24, 2.45) is 5.92 Å². The second-order valence-electron chi connectivity index (χ2n) is 7.89. The van der Waals surface area contributed by atoms with Crippen LogP contribution in [0, 0.1) is 17.2 Å². The van der Waals surface area contributed by atoms with Gasteiger partial charge in [0.1, 0.15) is 0 Å². The van der Waals surface area contributed by atoms with E-state index in [2.05, 4.69) is 33.8 Å². The molecule has 146 valence electrons. The minimum atomic E-state index is 0.349. The highest BCUT2D eigenvalue weighted by atomic mass is 16.2. The van der Waals surface area contributed by atoms with Crippen molar-refractivity contribution in [3.63, 3.8) is 0 Å². The second kappa shape index (κ2) is 9.87. The number of piperidine rings is 1. The molecule has 0 bridgehead atoms. The Balaban J connectivity index is 1.36. The molecule has 0 spiro atoms. The number of amides is 1. The van der Waals surface area contributed by atoms with E-state index in [1.807, 2.05) is 18.2 Å². The quantitative estimate of drug-likeness (QED) is 0.775. The molecule has 0 aliphatic carbocycles. The highest BCUT2D eigenvalue weighted by Crippen LogP contribution is 2.24. The molecular weight excluding hydrogens is 336 g/mol. The maximum atomic E-state index is 12.5. The van der Waals surface area contributed by atoms with E-state index in [1.54, 1.807) is 0 Å². The van der Waals surface area contributed by atoms with E-state index in [-0.39, 0.29) is 0 Å². The van der Waals surface area contributed by atoms with Crippen LogP contribution in [0.25, 0.3) is 0 Å². The third-order valence-corrected chi connectivity index (χ3v) is 6.11. The summed E-state index contributed by atoms with van der Waals surface area (Å²) in [5.41, 5.74) is 1.95. The number of carbonyl (C=O) groups excluding carboxylic acids is 1. The Morgan fingerprint density at radius 3 is 2.52 bits per heavy atom. The maximum absolute atomic E-state index is 12.5. The molecule has 0 N–H and O–H groups in total. The van der Waals surface area contributed by atoms with Crippen molar-refractivity contribution in [1.82, 2.24) is 14.7 Å². The zero-order chi connectivity index (χ0) is 19.1. The molecule has 2 heterocycles. The molecule has 1 aromatic rings. The van der Waals surface area contributed by atoms with Crippen LogP contribution >= 0.6 is 0 Å². The molecular formula is C22H32N4O. The van der Waals surface area contributed by atoms with E-state index in [0.29, 0.717) is 18.2 Å². The van der Waals surface area contributed by atoms with Crippen molar-refractivity contribution in [2.45, 2.75) is 39.2 Å². The first-order valence-corrected chi connectivity index (χ1v) is 10.4. The summed E-state index contributed by atoms with van der Waals surface area (Å²) in [6.45, 7) is 10.2. The average molecular weight is 369 g/mol. The Labute approximate surface area is 163 Å². The predicted molar refractivity (Wildman–Crippen MR) is 107 cm³/mol. The van der Waals surface area contributed by atoms with Gasteiger partial charge in [-0.15, -0.1) is 0 Å². The largest absolute Gasteiger partial charge is 0.340 e. The molecule has 1 aromatic carbocycles. The van der Waals surface area contributed by atoms with Crippen LogP contribution in [0.5, 0.6) is 0 Å². The van der Waals surface area contributed by atoms with Crippen LogP contribution in [0.2, 0.25) is 0 Å². The molecule has 27 heavy (non-hydrogen) atoms. The lowest BCUT2D eigenvalue weighted by molar-refractivity contribution is -0.133. The molecule has 0 saturated carbocycles. The van der Waals surface area contributed by atoms with Crippen molar-refractivity contribution in [3.05, 3.63) is 35.4 Å². The minimum Gasteiger partial charge on any atom is -0.340 e. The van der Waals surface area contributed by atoms with E-state index in [1.165, 1.54) is 18.4 Å². The molecule has 2 aliphatic rings. The van der Waals surface area contributed by atoms with Crippen LogP contribution in [0.3, 0.4) is 0 Å². The summed E-state index contributed by atoms with van der Waals surface area (Å²) >= 11 is 0. The standard InChI is InChI=1S/C22H32N4O/c1-2-24-12-14-26(15-13-24)22(27)7-6-19-8-10-25(11-9-19)18-21-5-3-4-20(16-21)17-23/h3-5,16,19H,2,6-15,18H2,1H3. The van der Waals surface area contributed by atoms with E-state index in [4.69, 9.17) is 5.26 Å². The normalized spacial score (nSPS) is 19.8. The summed E-state index contributed by atoms with van der Waals surface area (Å²) in [4.78, 5) is 19.4. The zero-order valence-corrected chi connectivity index (χ0v) is 16.6. The van der Waals surface area contributed by atoms with Gasteiger partial charge < -0.3 is 9.80 Å². The number of benzene rings is 1. The number of nitrogens with zero attached hydrogens (tertiary/aromatic N) is 4. The number of hydrogen-bond acceptors (Lipinski definition) is 4. The third-order valence-electron chi connectivity index (χ3n) is 6.11. The van der Waals surface area contributed by atoms with Crippen LogP contribution < -0.4 is 0 Å². The summed E-state index contributed by atoms with van der Waals surface area (Å²) in [7, 11) is 0. The van der Waals surface area contributed by atoms with Crippen molar-refractivity contribution in [1.29, 1.82) is 5.26 Å². The summed E-state index contributed by atoms with van der Waals surface area (Å²) in [6, 6.07) is 10.1. The molecule has 5 nitrogen and oxygen atoms in total. The number of rotatable bonds is 6. The molecule has 5 heteroatoms. The average Bonchev–Trinajstić information content (AvgIpc) is 2.73. The van der Waals surface area contributed by atoms with Gasteiger partial charge in [-0.2, -0.15) is 5.26 Å². The van der Waals surface area contributed by atoms with Gasteiger partial charge in [-0.3, -0.25) is 9.69 Å². The minimum absolute atomic E-state index is 0.349. The lowest BCUT2D eigenvalue weighted by Gasteiger charge is -2.35. The number of carbonyl (C=O) groups is 1. The molecule has 3 rings (SSSR count). The van der Waals surface area contributed by atoms with Crippen molar-refractivity contribution < 1.29 is 4.79 Å². The fraction of sp³-hybridized carbons (Fsp3) is 0.636. The van der Waals surface area contributed by atoms with E-state index < -0.39 is 0 Å². The Morgan fingerprint density at radius 2 is 1.85 bits per heavy atom. The Morgan fingerprint density at radius 1 is 1.11 bits per heavy atom. The first kappa shape index (κ1) is 19.9. The number of piperazine rings is 1. The highest BCUT2D eigenvalue weighted by molar-refractivity contribution is 5.76. The van der Waals surface area contributed by atoms with E-state index in [9.17, 15) is 4.79 Å². The number of nitriles is 1. The number of likely N-dealkylation sites (tertiary alicyclic amines) is 1. The summed E-state index contributed by atoms with van der Waals surface area (Å²) < 4.78 is 0. The van der Waals surface area contributed by atoms with Crippen LogP contribution in [0.15, 0.2) is 24.3 Å². The van der Waals surface area contributed by atoms with Gasteiger partial charge in [0.2, 0.25) is 5.91 Å². The van der Waals surface area contributed by atoms with Gasteiger partial charge >= 0.3 is 0 Å². The maximum Gasteiger partial charge on any atom is 0.222 e. The SMILES string of the molecule is CCN1CCN(C(=O)CCC2CCN(Cc3cccc(C#N)c3)CC2)CC1. The smallest absolute Gasteiger partial charge is 0.222 e. The van der Waals surface area contributed by atoms with Crippen molar-refractivity contribution >= 4 is 5.91 Å². The Bertz CT molecular complexity index is 653. The summed E-state index contributed by atoms with van der Waals surface area (Å²) in [5, 5.41) is 9.03. The molecule has 2 aliphatic heterocycles. The molecule has 2 fully saturated rings. The van der Waals surface area contributed by atoms with Gasteiger partial charge in [0.15, 0.2) is 0 Å². The van der Waals surface area contributed by atoms with Crippen LogP contribution in [-0.2, 0) is 11.3 Å². The molecule has 0 aromatic heterocycles. The monoisotopic (exact) mass is 368 g/mol. The summed E-state index contributed by atoms with van der Waals surface area (Å²) in [5.74, 6) is 1.02. The molecule has 0 unspecified atom stereocenters. The van der Waals surface area contributed by atoms with Gasteiger partial charge in [-0.05, 0) is 62.5 Å². The van der Waals surface area contributed by atoms with E-state index in [0.717, 1.165) is 64.3 Å². The van der Waals surface area contributed by atoms with Crippen LogP contribution in [0.4, 0.5) is 0 Å². The van der Waals surface area contributed by atoms with Crippen LogP contribution in [0.1, 0.15) is 43.7 Å². The van der Waals surface area contributed by atoms with Crippen molar-refractivity contribution in [2.75, 3.05) is 45.8 Å². The van der Waals surface area contributed by atoms with Gasteiger partial charge in [0, 0.05) is 39.1 Å². The van der Waals surface area contributed by atoms with Crippen LogP contribution in [-0.4, -0.2) is 66.4 Å². The molecule has 1 amide bonds. The summed E-state index contributed by atoms with van der Waals surface area (Å²) in [6.07, 6.45) is 4.09. The lowest BCUT2D eigenvalue weighted by atomic mass is 9.91. The molecule has 0 atom stereocenters. The van der Waals surface area contributed by atoms with Crippen molar-refractivity contribution in [3.8, 4) is 6.07 Å². The lowest BCUT2D eigenvalue weighted by Crippen LogP contribution is -2.48. The Hall–Kier alpha value is -1.90. The van der Waals surface area contributed by atoms with Gasteiger partial charge in [0.05, 0.1) is 11.6 Å². The predicted octanol–water partition coefficient (Wildman–Crippen LogP) is 2.71. The molecule has 0 radical (unpaired) electrons. The first-order valence-electron chi connectivity index (χ1n) is 10.4. The second-order valence-corrected chi connectivity index (χ2v) is 7.89. The number of hydrogen-bond donors (Lipinski definition) is 0. The Kier molecular flexibility index (Phi) is 7.25. The van der Waals surface area contributed by atoms with E-state index >= 15 is 0 Å². The third kappa shape index (κ3) is 5.79.